The third-order valence-electron chi connectivity index (χ3n) is 4.06. The average molecular weight is 312 g/mol. The number of nitrogens with zero attached hydrogens (tertiary/aromatic N) is 2. The van der Waals surface area contributed by atoms with Crippen LogP contribution in [0.1, 0.15) is 21.5 Å². The zero-order valence-electron chi connectivity index (χ0n) is 12.7. The van der Waals surface area contributed by atoms with Gasteiger partial charge in [0.2, 0.25) is 0 Å². The first kappa shape index (κ1) is 15.0. The van der Waals surface area contributed by atoms with E-state index in [-0.39, 0.29) is 11.3 Å². The number of ether oxygens (including phenoxy) is 1. The summed E-state index contributed by atoms with van der Waals surface area (Å²) in [5.74, 6) is -0.580. The smallest absolute Gasteiger partial charge is 0.338 e. The lowest BCUT2D eigenvalue weighted by Crippen LogP contribution is -2.30. The van der Waals surface area contributed by atoms with E-state index in [1.165, 1.54) is 24.3 Å². The summed E-state index contributed by atoms with van der Waals surface area (Å²) in [4.78, 5) is 24.5. The Kier molecular flexibility index (Phi) is 3.97. The molecule has 0 fully saturated rings. The monoisotopic (exact) mass is 312 g/mol. The predicted octanol–water partition coefficient (Wildman–Crippen LogP) is 2.94. The van der Waals surface area contributed by atoms with Crippen molar-refractivity contribution in [2.45, 2.75) is 13.0 Å². The topological polar surface area (TPSA) is 72.7 Å². The number of benzene rings is 2. The Morgan fingerprint density at radius 2 is 1.96 bits per heavy atom. The van der Waals surface area contributed by atoms with Crippen molar-refractivity contribution in [3.05, 3.63) is 69.3 Å². The summed E-state index contributed by atoms with van der Waals surface area (Å²) in [6, 6.07) is 12.6. The minimum atomic E-state index is -0.580. The van der Waals surface area contributed by atoms with Crippen molar-refractivity contribution < 1.29 is 14.5 Å². The van der Waals surface area contributed by atoms with Gasteiger partial charge in [-0.15, -0.1) is 0 Å². The van der Waals surface area contributed by atoms with Crippen molar-refractivity contribution in [2.75, 3.05) is 18.6 Å². The fourth-order valence-electron chi connectivity index (χ4n) is 2.88. The van der Waals surface area contributed by atoms with E-state index in [2.05, 4.69) is 10.8 Å². The normalized spacial score (nSPS) is 13.3. The molecule has 118 valence electrons. The van der Waals surface area contributed by atoms with Gasteiger partial charge in [-0.05, 0) is 29.7 Å². The van der Waals surface area contributed by atoms with E-state index < -0.39 is 10.9 Å². The number of anilines is 1. The molecule has 0 saturated heterocycles. The Bertz CT molecular complexity index is 773. The van der Waals surface area contributed by atoms with Gasteiger partial charge in [-0.25, -0.2) is 4.79 Å². The number of nitro groups is 1. The van der Waals surface area contributed by atoms with Gasteiger partial charge in [0.05, 0.1) is 17.6 Å². The second-order valence-electron chi connectivity index (χ2n) is 5.39. The van der Waals surface area contributed by atoms with Gasteiger partial charge in [0.15, 0.2) is 0 Å². The van der Waals surface area contributed by atoms with Gasteiger partial charge in [0.25, 0.3) is 5.69 Å². The van der Waals surface area contributed by atoms with Crippen LogP contribution in [0.15, 0.2) is 42.5 Å². The van der Waals surface area contributed by atoms with Gasteiger partial charge in [0.1, 0.15) is 5.69 Å². The number of fused-ring (bicyclic) bond motifs is 1. The Hall–Kier alpha value is -2.89. The zero-order chi connectivity index (χ0) is 16.4. The molecule has 1 aliphatic rings. The van der Waals surface area contributed by atoms with E-state index >= 15 is 0 Å². The molecule has 0 aromatic heterocycles. The third kappa shape index (κ3) is 2.88. The van der Waals surface area contributed by atoms with Crippen LogP contribution in [0, 0.1) is 10.1 Å². The molecule has 1 heterocycles. The summed E-state index contributed by atoms with van der Waals surface area (Å²) in [5.41, 5.74) is 3.08. The average Bonchev–Trinajstić information content (AvgIpc) is 2.60. The van der Waals surface area contributed by atoms with E-state index in [9.17, 15) is 14.9 Å². The molecule has 0 aliphatic carbocycles. The molecule has 1 aliphatic heterocycles. The van der Waals surface area contributed by atoms with Crippen LogP contribution in [-0.4, -0.2) is 24.5 Å². The van der Waals surface area contributed by atoms with Crippen LogP contribution < -0.4 is 4.90 Å². The van der Waals surface area contributed by atoms with Gasteiger partial charge in [-0.2, -0.15) is 0 Å². The largest absolute Gasteiger partial charge is 0.465 e. The molecule has 23 heavy (non-hydrogen) atoms. The lowest BCUT2D eigenvalue weighted by atomic mass is 9.99. The van der Waals surface area contributed by atoms with Gasteiger partial charge in [-0.3, -0.25) is 10.1 Å². The van der Waals surface area contributed by atoms with Crippen molar-refractivity contribution in [1.82, 2.24) is 0 Å². The SMILES string of the molecule is COC(=O)c1ccc(N2CCc3ccccc3C2)c([N+](=O)[O-])c1. The van der Waals surface area contributed by atoms with Crippen LogP contribution >= 0.6 is 0 Å². The third-order valence-corrected chi connectivity index (χ3v) is 4.06. The first-order valence-corrected chi connectivity index (χ1v) is 7.28. The van der Waals surface area contributed by atoms with Crippen LogP contribution in [0.3, 0.4) is 0 Å². The van der Waals surface area contributed by atoms with Crippen molar-refractivity contribution in [2.24, 2.45) is 0 Å². The Balaban J connectivity index is 1.97. The Morgan fingerprint density at radius 3 is 2.65 bits per heavy atom. The Labute approximate surface area is 133 Å². The van der Waals surface area contributed by atoms with Gasteiger partial charge >= 0.3 is 5.97 Å². The molecule has 0 atom stereocenters. The van der Waals surface area contributed by atoms with Gasteiger partial charge in [-0.1, -0.05) is 24.3 Å². The van der Waals surface area contributed by atoms with Gasteiger partial charge in [0, 0.05) is 19.2 Å². The molecule has 0 spiro atoms. The van der Waals surface area contributed by atoms with Gasteiger partial charge < -0.3 is 9.64 Å². The summed E-state index contributed by atoms with van der Waals surface area (Å²) in [6.07, 6.45) is 0.839. The summed E-state index contributed by atoms with van der Waals surface area (Å²) in [7, 11) is 1.25. The molecule has 0 N–H and O–H groups in total. The number of carbonyl (C=O) groups excluding carboxylic acids is 1. The lowest BCUT2D eigenvalue weighted by Gasteiger charge is -2.30. The standard InChI is InChI=1S/C17H16N2O4/c1-23-17(20)13-6-7-15(16(10-13)19(21)22)18-9-8-12-4-2-3-5-14(12)11-18/h2-7,10H,8-9,11H2,1H3. The fourth-order valence-corrected chi connectivity index (χ4v) is 2.88. The number of hydrogen-bond donors (Lipinski definition) is 0. The van der Waals surface area contributed by atoms with Crippen molar-refractivity contribution in [3.8, 4) is 0 Å². The molecule has 0 amide bonds. The fraction of sp³-hybridized carbons (Fsp3) is 0.235. The van der Waals surface area contributed by atoms with Crippen LogP contribution in [0.25, 0.3) is 0 Å². The summed E-state index contributed by atoms with van der Waals surface area (Å²) in [6.45, 7) is 1.32. The lowest BCUT2D eigenvalue weighted by molar-refractivity contribution is -0.384. The quantitative estimate of drug-likeness (QED) is 0.495. The maximum absolute atomic E-state index is 11.6. The predicted molar refractivity (Wildman–Crippen MR) is 85.6 cm³/mol. The highest BCUT2D eigenvalue weighted by atomic mass is 16.6. The molecule has 3 rings (SSSR count). The molecular weight excluding hydrogens is 296 g/mol. The van der Waals surface area contributed by atoms with Crippen LogP contribution in [0.4, 0.5) is 11.4 Å². The van der Waals surface area contributed by atoms with E-state index in [0.717, 1.165) is 6.42 Å². The minimum Gasteiger partial charge on any atom is -0.465 e. The van der Waals surface area contributed by atoms with Crippen molar-refractivity contribution in [1.29, 1.82) is 0 Å². The number of methoxy groups -OCH3 is 1. The van der Waals surface area contributed by atoms with E-state index in [1.54, 1.807) is 12.1 Å². The first-order chi connectivity index (χ1) is 11.1. The maximum Gasteiger partial charge on any atom is 0.338 e. The van der Waals surface area contributed by atoms with E-state index in [1.807, 2.05) is 23.1 Å². The highest BCUT2D eigenvalue weighted by Crippen LogP contribution is 2.33. The van der Waals surface area contributed by atoms with E-state index in [0.29, 0.717) is 18.8 Å². The molecule has 6 nitrogen and oxygen atoms in total. The summed E-state index contributed by atoms with van der Waals surface area (Å²) < 4.78 is 4.63. The molecule has 2 aromatic rings. The molecule has 0 bridgehead atoms. The van der Waals surface area contributed by atoms with Crippen molar-refractivity contribution >= 4 is 17.3 Å². The van der Waals surface area contributed by atoms with E-state index in [4.69, 9.17) is 0 Å². The van der Waals surface area contributed by atoms with Crippen LogP contribution in [-0.2, 0) is 17.7 Å². The summed E-state index contributed by atoms with van der Waals surface area (Å²) >= 11 is 0. The number of esters is 1. The van der Waals surface area contributed by atoms with Crippen LogP contribution in [0.5, 0.6) is 0 Å². The number of rotatable bonds is 3. The molecular formula is C17H16N2O4. The minimum absolute atomic E-state index is 0.0766. The molecule has 2 aromatic carbocycles. The highest BCUT2D eigenvalue weighted by molar-refractivity contribution is 5.91. The maximum atomic E-state index is 11.6. The molecule has 6 heteroatoms. The number of hydrogen-bond acceptors (Lipinski definition) is 5. The molecule has 0 unspecified atom stereocenters. The highest BCUT2D eigenvalue weighted by Gasteiger charge is 2.24. The molecule has 0 radical (unpaired) electrons. The molecule has 0 saturated carbocycles. The second-order valence-corrected chi connectivity index (χ2v) is 5.39. The van der Waals surface area contributed by atoms with Crippen molar-refractivity contribution in [3.63, 3.8) is 0 Å². The summed E-state index contributed by atoms with van der Waals surface area (Å²) in [5, 5.41) is 11.4. The second kappa shape index (κ2) is 6.08. The first-order valence-electron chi connectivity index (χ1n) is 7.28. The zero-order valence-corrected chi connectivity index (χ0v) is 12.7. The number of carbonyl (C=O) groups is 1. The van der Waals surface area contributed by atoms with Crippen LogP contribution in [0.2, 0.25) is 0 Å². The number of nitro benzene ring substituents is 1. The Morgan fingerprint density at radius 1 is 1.22 bits per heavy atom.